The van der Waals surface area contributed by atoms with Gasteiger partial charge in [0.1, 0.15) is 6.42 Å². The molecule has 1 aromatic heterocycles. The molecule has 0 spiro atoms. The Balaban J connectivity index is 1.65. The summed E-state index contributed by atoms with van der Waals surface area (Å²) in [6.45, 7) is 6.43. The fraction of sp³-hybridized carbons (Fsp3) is 0.444. The Morgan fingerprint density at radius 3 is 2.36 bits per heavy atom. The lowest BCUT2D eigenvalue weighted by atomic mass is 10.2. The minimum atomic E-state index is -0.467. The van der Waals surface area contributed by atoms with Crippen LogP contribution in [0.4, 0.5) is 5.82 Å². The third-order valence-corrected chi connectivity index (χ3v) is 4.25. The number of hydrogen-bond acceptors (Lipinski definition) is 6. The first kappa shape index (κ1) is 17.1. The highest BCUT2D eigenvalue weighted by molar-refractivity contribution is 5.94. The van der Waals surface area contributed by atoms with E-state index in [1.165, 1.54) is 0 Å². The number of para-hydroxylation sites is 2. The number of hydrogen-bond donors (Lipinski definition) is 0. The average molecular weight is 342 g/mol. The van der Waals surface area contributed by atoms with Gasteiger partial charge in [0.05, 0.1) is 23.3 Å². The van der Waals surface area contributed by atoms with Crippen LogP contribution < -0.4 is 4.90 Å². The molecule has 1 saturated heterocycles. The summed E-state index contributed by atoms with van der Waals surface area (Å²) >= 11 is 0. The molecule has 0 saturated carbocycles. The molecule has 0 atom stereocenters. The number of fused-ring (bicyclic) bond motifs is 1. The lowest BCUT2D eigenvalue weighted by molar-refractivity contribution is -0.148. The van der Waals surface area contributed by atoms with Crippen molar-refractivity contribution in [2.75, 3.05) is 37.7 Å². The Morgan fingerprint density at radius 1 is 1.08 bits per heavy atom. The summed E-state index contributed by atoms with van der Waals surface area (Å²) in [4.78, 5) is 36.8. The Hall–Kier alpha value is -2.70. The highest BCUT2D eigenvalue weighted by Gasteiger charge is 2.25. The van der Waals surface area contributed by atoms with Crippen LogP contribution in [0.15, 0.2) is 24.3 Å². The number of carbonyl (C=O) groups excluding carboxylic acids is 2. The van der Waals surface area contributed by atoms with E-state index in [0.29, 0.717) is 32.8 Å². The molecule has 1 fully saturated rings. The van der Waals surface area contributed by atoms with Crippen molar-refractivity contribution in [1.29, 1.82) is 0 Å². The molecule has 0 N–H and O–H groups in total. The number of nitrogens with zero attached hydrogens (tertiary/aromatic N) is 4. The fourth-order valence-electron chi connectivity index (χ4n) is 2.99. The maximum atomic E-state index is 12.1. The number of rotatable bonds is 4. The Labute approximate surface area is 146 Å². The van der Waals surface area contributed by atoms with E-state index < -0.39 is 5.97 Å². The molecule has 0 radical (unpaired) electrons. The predicted octanol–water partition coefficient (Wildman–Crippen LogP) is 1.54. The van der Waals surface area contributed by atoms with E-state index in [1.54, 1.807) is 11.8 Å². The minimum absolute atomic E-state index is 0.181. The van der Waals surface area contributed by atoms with Gasteiger partial charge in [0, 0.05) is 26.2 Å². The number of carbonyl (C=O) groups is 2. The van der Waals surface area contributed by atoms with Crippen LogP contribution >= 0.6 is 0 Å². The van der Waals surface area contributed by atoms with Gasteiger partial charge in [0.2, 0.25) is 5.91 Å². The first-order valence-corrected chi connectivity index (χ1v) is 8.50. The van der Waals surface area contributed by atoms with Crippen molar-refractivity contribution in [3.05, 3.63) is 30.0 Å². The van der Waals surface area contributed by atoms with E-state index in [0.717, 1.165) is 22.5 Å². The standard InChI is InChI=1S/C18H22N4O3/c1-3-25-17(24)12-16(23)21-8-10-22(11-9-21)18-13(2)19-14-6-4-5-7-15(14)20-18/h4-7H,3,8-12H2,1-2H3. The van der Waals surface area contributed by atoms with Crippen molar-refractivity contribution >= 4 is 28.7 Å². The predicted molar refractivity (Wildman–Crippen MR) is 94.3 cm³/mol. The fourth-order valence-corrected chi connectivity index (χ4v) is 2.99. The lowest BCUT2D eigenvalue weighted by Gasteiger charge is -2.35. The zero-order valence-electron chi connectivity index (χ0n) is 14.6. The zero-order valence-corrected chi connectivity index (χ0v) is 14.6. The van der Waals surface area contributed by atoms with Crippen LogP contribution in [0.3, 0.4) is 0 Å². The van der Waals surface area contributed by atoms with Gasteiger partial charge in [0.25, 0.3) is 0 Å². The second-order valence-electron chi connectivity index (χ2n) is 5.97. The van der Waals surface area contributed by atoms with Crippen molar-refractivity contribution < 1.29 is 14.3 Å². The topological polar surface area (TPSA) is 75.6 Å². The Kier molecular flexibility index (Phi) is 5.11. The van der Waals surface area contributed by atoms with Crippen molar-refractivity contribution in [2.45, 2.75) is 20.3 Å². The van der Waals surface area contributed by atoms with Gasteiger partial charge in [0.15, 0.2) is 5.82 Å². The number of ether oxygens (including phenoxy) is 1. The summed E-state index contributed by atoms with van der Waals surface area (Å²) in [6, 6.07) is 7.79. The Morgan fingerprint density at radius 2 is 1.72 bits per heavy atom. The van der Waals surface area contributed by atoms with Gasteiger partial charge in [-0.05, 0) is 26.0 Å². The molecular formula is C18H22N4O3. The van der Waals surface area contributed by atoms with E-state index in [4.69, 9.17) is 9.72 Å². The summed E-state index contributed by atoms with van der Waals surface area (Å²) in [7, 11) is 0. The number of anilines is 1. The first-order valence-electron chi connectivity index (χ1n) is 8.50. The number of amides is 1. The molecule has 1 amide bonds. The summed E-state index contributed by atoms with van der Waals surface area (Å²) in [5, 5.41) is 0. The molecule has 1 aliphatic heterocycles. The minimum Gasteiger partial charge on any atom is -0.466 e. The average Bonchev–Trinajstić information content (AvgIpc) is 2.61. The first-order chi connectivity index (χ1) is 12.1. The normalized spacial score (nSPS) is 14.6. The van der Waals surface area contributed by atoms with Gasteiger partial charge in [-0.25, -0.2) is 9.97 Å². The SMILES string of the molecule is CCOC(=O)CC(=O)N1CCN(c2nc3ccccc3nc2C)CC1. The van der Waals surface area contributed by atoms with Crippen LogP contribution in [-0.4, -0.2) is 59.5 Å². The van der Waals surface area contributed by atoms with Gasteiger partial charge < -0.3 is 14.5 Å². The molecular weight excluding hydrogens is 320 g/mol. The van der Waals surface area contributed by atoms with Gasteiger partial charge >= 0.3 is 5.97 Å². The molecule has 1 aromatic carbocycles. The highest BCUT2D eigenvalue weighted by atomic mass is 16.5. The van der Waals surface area contributed by atoms with E-state index in [-0.39, 0.29) is 12.3 Å². The van der Waals surface area contributed by atoms with E-state index in [2.05, 4.69) is 9.88 Å². The van der Waals surface area contributed by atoms with Crippen LogP contribution in [0.5, 0.6) is 0 Å². The number of aromatic nitrogens is 2. The highest BCUT2D eigenvalue weighted by Crippen LogP contribution is 2.21. The maximum absolute atomic E-state index is 12.1. The molecule has 25 heavy (non-hydrogen) atoms. The van der Waals surface area contributed by atoms with E-state index in [9.17, 15) is 9.59 Å². The van der Waals surface area contributed by atoms with Crippen molar-refractivity contribution in [2.24, 2.45) is 0 Å². The molecule has 7 heteroatoms. The van der Waals surface area contributed by atoms with E-state index in [1.807, 2.05) is 31.2 Å². The summed E-state index contributed by atoms with van der Waals surface area (Å²) in [5.41, 5.74) is 2.63. The van der Waals surface area contributed by atoms with Gasteiger partial charge in [-0.1, -0.05) is 12.1 Å². The van der Waals surface area contributed by atoms with Crippen LogP contribution in [0, 0.1) is 6.92 Å². The molecule has 0 aliphatic carbocycles. The summed E-state index contributed by atoms with van der Waals surface area (Å²) in [6.07, 6.45) is -0.192. The lowest BCUT2D eigenvalue weighted by Crippen LogP contribution is -2.49. The molecule has 3 rings (SSSR count). The second-order valence-corrected chi connectivity index (χ2v) is 5.97. The van der Waals surface area contributed by atoms with Crippen LogP contribution in [0.2, 0.25) is 0 Å². The zero-order chi connectivity index (χ0) is 17.8. The second kappa shape index (κ2) is 7.46. The largest absolute Gasteiger partial charge is 0.466 e. The van der Waals surface area contributed by atoms with Crippen LogP contribution in [0.1, 0.15) is 19.0 Å². The molecule has 2 aromatic rings. The molecule has 132 valence electrons. The quantitative estimate of drug-likeness (QED) is 0.620. The molecule has 0 unspecified atom stereocenters. The van der Waals surface area contributed by atoms with Gasteiger partial charge in [-0.15, -0.1) is 0 Å². The van der Waals surface area contributed by atoms with E-state index >= 15 is 0 Å². The Bertz CT molecular complexity index is 785. The number of benzene rings is 1. The monoisotopic (exact) mass is 342 g/mol. The number of aryl methyl sites for hydroxylation is 1. The molecule has 2 heterocycles. The van der Waals surface area contributed by atoms with Gasteiger partial charge in [-0.2, -0.15) is 0 Å². The third-order valence-electron chi connectivity index (χ3n) is 4.25. The molecule has 1 aliphatic rings. The van der Waals surface area contributed by atoms with Gasteiger partial charge in [-0.3, -0.25) is 9.59 Å². The molecule has 0 bridgehead atoms. The third kappa shape index (κ3) is 3.87. The number of esters is 1. The van der Waals surface area contributed by atoms with Crippen molar-refractivity contribution in [1.82, 2.24) is 14.9 Å². The molecule has 7 nitrogen and oxygen atoms in total. The summed E-state index contributed by atoms with van der Waals surface area (Å²) in [5.74, 6) is 0.210. The number of piperazine rings is 1. The van der Waals surface area contributed by atoms with Crippen molar-refractivity contribution in [3.8, 4) is 0 Å². The maximum Gasteiger partial charge on any atom is 0.315 e. The van der Waals surface area contributed by atoms with Crippen LogP contribution in [0.25, 0.3) is 11.0 Å². The van der Waals surface area contributed by atoms with Crippen LogP contribution in [-0.2, 0) is 14.3 Å². The van der Waals surface area contributed by atoms with Crippen molar-refractivity contribution in [3.63, 3.8) is 0 Å². The smallest absolute Gasteiger partial charge is 0.315 e. The summed E-state index contributed by atoms with van der Waals surface area (Å²) < 4.78 is 4.84.